The molecular formula is C34H63NO6. The third-order valence-electron chi connectivity index (χ3n) is 8.14. The minimum Gasteiger partial charge on any atom is -0.471 e. The molecule has 1 fully saturated rings. The van der Waals surface area contributed by atoms with Crippen LogP contribution in [0.25, 0.3) is 0 Å². The summed E-state index contributed by atoms with van der Waals surface area (Å²) in [4.78, 5) is 25.5. The van der Waals surface area contributed by atoms with E-state index < -0.39 is 24.5 Å². The summed E-state index contributed by atoms with van der Waals surface area (Å²) in [5.74, 6) is -0.516. The van der Waals surface area contributed by atoms with E-state index in [1.54, 1.807) is 6.08 Å². The van der Waals surface area contributed by atoms with Crippen LogP contribution >= 0.6 is 0 Å². The highest BCUT2D eigenvalue weighted by molar-refractivity contribution is 5.98. The van der Waals surface area contributed by atoms with Gasteiger partial charge in [-0.05, 0) is 19.8 Å². The maximum Gasteiger partial charge on any atom is 0.227 e. The summed E-state index contributed by atoms with van der Waals surface area (Å²) in [6.45, 7) is 8.68. The Hall–Kier alpha value is -1.44. The highest BCUT2D eigenvalue weighted by Crippen LogP contribution is 2.29. The molecule has 0 aliphatic carbocycles. The van der Waals surface area contributed by atoms with Gasteiger partial charge in [0, 0.05) is 18.9 Å². The highest BCUT2D eigenvalue weighted by Gasteiger charge is 2.46. The van der Waals surface area contributed by atoms with Crippen molar-refractivity contribution in [2.24, 2.45) is 5.92 Å². The molecule has 0 spiro atoms. The third kappa shape index (κ3) is 17.3. The maximum absolute atomic E-state index is 13.0. The first-order valence-corrected chi connectivity index (χ1v) is 16.9. The Labute approximate surface area is 251 Å². The van der Waals surface area contributed by atoms with Gasteiger partial charge in [0.2, 0.25) is 12.2 Å². The molecule has 0 unspecified atom stereocenters. The number of carbonyl (C=O) groups excluding carboxylic acids is 2. The Balaban J connectivity index is 2.56. The lowest BCUT2D eigenvalue weighted by Gasteiger charge is -2.44. The molecule has 7 nitrogen and oxygen atoms in total. The van der Waals surface area contributed by atoms with Gasteiger partial charge in [-0.3, -0.25) is 9.59 Å². The number of rotatable bonds is 26. The summed E-state index contributed by atoms with van der Waals surface area (Å²) < 4.78 is 18.2. The van der Waals surface area contributed by atoms with Crippen molar-refractivity contribution in [2.45, 2.75) is 174 Å². The van der Waals surface area contributed by atoms with Crippen molar-refractivity contribution in [3.63, 3.8) is 0 Å². The summed E-state index contributed by atoms with van der Waals surface area (Å²) in [6.07, 6.45) is 22.3. The Morgan fingerprint density at radius 2 is 1.37 bits per heavy atom. The van der Waals surface area contributed by atoms with Gasteiger partial charge < -0.3 is 24.6 Å². The molecule has 0 aromatic carbocycles. The first-order chi connectivity index (χ1) is 20.0. The van der Waals surface area contributed by atoms with E-state index >= 15 is 0 Å². The lowest BCUT2D eigenvalue weighted by atomic mass is 9.89. The van der Waals surface area contributed by atoms with Gasteiger partial charge in [0.05, 0.1) is 31.5 Å². The van der Waals surface area contributed by atoms with Crippen LogP contribution in [-0.4, -0.2) is 54.6 Å². The van der Waals surface area contributed by atoms with Crippen LogP contribution in [0.15, 0.2) is 12.3 Å². The van der Waals surface area contributed by atoms with Crippen LogP contribution in [0.1, 0.15) is 150 Å². The molecule has 1 aliphatic rings. The largest absolute Gasteiger partial charge is 0.471 e. The zero-order chi connectivity index (χ0) is 30.1. The van der Waals surface area contributed by atoms with E-state index in [1.807, 2.05) is 13.8 Å². The number of hydrogen-bond acceptors (Lipinski definition) is 6. The molecule has 0 radical (unpaired) electrons. The summed E-state index contributed by atoms with van der Waals surface area (Å²) in [6, 6.07) is -0.578. The number of nitrogens with one attached hydrogen (secondary N) is 1. The number of ether oxygens (including phenoxy) is 3. The lowest BCUT2D eigenvalue weighted by Crippen LogP contribution is -2.62. The number of allylic oxidation sites excluding steroid dienone is 1. The van der Waals surface area contributed by atoms with Gasteiger partial charge in [-0.15, -0.1) is 0 Å². The number of carbonyl (C=O) groups is 2. The maximum atomic E-state index is 13.0. The van der Waals surface area contributed by atoms with E-state index in [0.717, 1.165) is 32.1 Å². The molecule has 1 rings (SSSR count). The van der Waals surface area contributed by atoms with Crippen LogP contribution < -0.4 is 5.32 Å². The average Bonchev–Trinajstić information content (AvgIpc) is 2.96. The van der Waals surface area contributed by atoms with Crippen molar-refractivity contribution in [2.75, 3.05) is 13.2 Å². The number of unbranched alkanes of at least 4 members (excludes halogenated alkanes) is 15. The Kier molecular flexibility index (Phi) is 23.0. The Morgan fingerprint density at radius 3 is 1.90 bits per heavy atom. The molecule has 2 N–H and O–H groups in total. The Bertz CT molecular complexity index is 684. The van der Waals surface area contributed by atoms with Gasteiger partial charge in [0.25, 0.3) is 0 Å². The molecule has 1 amide bonds. The standard InChI is InChI=1S/C34H63NO6/c1-5-8-10-12-14-16-17-19-21-23-29(37)26-31(38)35-32-33(39-25-22-20-18-15-13-11-9-6-2)28(4)30(27-36)41-34(32)40-24-7-3/h7,24,28,30,32-34,36H,5-6,8-23,25-27H2,1-4H3,(H,35,38)/b24-7-/t28-,30-,32-,33+,34+/m1/s1. The van der Waals surface area contributed by atoms with Crippen molar-refractivity contribution >= 4 is 11.7 Å². The predicted molar refractivity (Wildman–Crippen MR) is 167 cm³/mol. The number of hydrogen-bond donors (Lipinski definition) is 2. The number of aliphatic hydroxyl groups is 1. The number of amides is 1. The smallest absolute Gasteiger partial charge is 0.227 e. The van der Waals surface area contributed by atoms with Crippen LogP contribution in [0, 0.1) is 5.92 Å². The van der Waals surface area contributed by atoms with Crippen LogP contribution in [0.4, 0.5) is 0 Å². The molecule has 240 valence electrons. The van der Waals surface area contributed by atoms with Crippen LogP contribution in [0.5, 0.6) is 0 Å². The van der Waals surface area contributed by atoms with E-state index in [4.69, 9.17) is 14.2 Å². The molecule has 0 saturated carbocycles. The fourth-order valence-electron chi connectivity index (χ4n) is 5.55. The second-order valence-corrected chi connectivity index (χ2v) is 11.9. The molecule has 5 atom stereocenters. The van der Waals surface area contributed by atoms with Gasteiger partial charge in [-0.2, -0.15) is 0 Å². The van der Waals surface area contributed by atoms with Crippen molar-refractivity contribution in [1.29, 1.82) is 0 Å². The first-order valence-electron chi connectivity index (χ1n) is 16.9. The van der Waals surface area contributed by atoms with Crippen LogP contribution in [-0.2, 0) is 23.8 Å². The van der Waals surface area contributed by atoms with Crippen molar-refractivity contribution in [3.05, 3.63) is 12.3 Å². The van der Waals surface area contributed by atoms with E-state index in [-0.39, 0.29) is 30.6 Å². The predicted octanol–water partition coefficient (Wildman–Crippen LogP) is 7.78. The van der Waals surface area contributed by atoms with Gasteiger partial charge in [0.15, 0.2) is 0 Å². The van der Waals surface area contributed by atoms with Crippen molar-refractivity contribution < 1.29 is 28.9 Å². The molecule has 0 aromatic heterocycles. The lowest BCUT2D eigenvalue weighted by molar-refractivity contribution is -0.245. The summed E-state index contributed by atoms with van der Waals surface area (Å²) in [5, 5.41) is 12.9. The molecule has 7 heteroatoms. The minimum atomic E-state index is -0.806. The van der Waals surface area contributed by atoms with Gasteiger partial charge >= 0.3 is 0 Å². The third-order valence-corrected chi connectivity index (χ3v) is 8.14. The van der Waals surface area contributed by atoms with Crippen LogP contribution in [0.3, 0.4) is 0 Å². The van der Waals surface area contributed by atoms with Gasteiger partial charge in [-0.1, -0.05) is 123 Å². The number of aliphatic hydroxyl groups excluding tert-OH is 1. The fraction of sp³-hybridized carbons (Fsp3) is 0.882. The molecule has 0 aromatic rings. The van der Waals surface area contributed by atoms with E-state index in [9.17, 15) is 14.7 Å². The monoisotopic (exact) mass is 581 g/mol. The summed E-state index contributed by atoms with van der Waals surface area (Å²) in [7, 11) is 0. The Morgan fingerprint density at radius 1 is 0.829 bits per heavy atom. The van der Waals surface area contributed by atoms with E-state index in [1.165, 1.54) is 83.3 Å². The highest BCUT2D eigenvalue weighted by atomic mass is 16.7. The second kappa shape index (κ2) is 25.1. The minimum absolute atomic E-state index is 0.0363. The fourth-order valence-corrected chi connectivity index (χ4v) is 5.55. The SMILES string of the molecule is C/C=C\O[C@H]1O[C@H](CO)[C@@H](C)[C@H](OCCCCCCCCCC)[C@H]1NC(=O)CC(=O)CCCCCCCCCCC. The van der Waals surface area contributed by atoms with Gasteiger partial charge in [-0.25, -0.2) is 0 Å². The van der Waals surface area contributed by atoms with Crippen LogP contribution in [0.2, 0.25) is 0 Å². The molecule has 1 heterocycles. The molecule has 1 aliphatic heterocycles. The summed E-state index contributed by atoms with van der Waals surface area (Å²) in [5.41, 5.74) is 0. The van der Waals surface area contributed by atoms with Crippen molar-refractivity contribution in [3.8, 4) is 0 Å². The molecular weight excluding hydrogens is 518 g/mol. The number of Topliss-reactive ketones (excluding diaryl/α,β-unsaturated/α-hetero) is 1. The average molecular weight is 582 g/mol. The normalized spacial score (nSPS) is 22.7. The topological polar surface area (TPSA) is 94.1 Å². The quantitative estimate of drug-likeness (QED) is 0.0615. The zero-order valence-corrected chi connectivity index (χ0v) is 26.9. The van der Waals surface area contributed by atoms with Crippen molar-refractivity contribution in [1.82, 2.24) is 5.32 Å². The van der Waals surface area contributed by atoms with E-state index in [0.29, 0.717) is 13.0 Å². The molecule has 0 bridgehead atoms. The first kappa shape index (κ1) is 37.6. The second-order valence-electron chi connectivity index (χ2n) is 11.9. The van der Waals surface area contributed by atoms with E-state index in [2.05, 4.69) is 19.2 Å². The molecule has 41 heavy (non-hydrogen) atoms. The number of ketones is 1. The van der Waals surface area contributed by atoms with Gasteiger partial charge in [0.1, 0.15) is 11.8 Å². The molecule has 1 saturated heterocycles. The zero-order valence-electron chi connectivity index (χ0n) is 26.9. The summed E-state index contributed by atoms with van der Waals surface area (Å²) >= 11 is 0.